The molecular weight excluding hydrogens is 296 g/mol. The molecule has 0 fully saturated rings. The van der Waals surface area contributed by atoms with E-state index in [9.17, 15) is 0 Å². The van der Waals surface area contributed by atoms with E-state index in [1.807, 2.05) is 24.3 Å². The molecule has 3 heterocycles. The monoisotopic (exact) mass is 323 g/mol. The fourth-order valence-electron chi connectivity index (χ4n) is 2.84. The number of furan rings is 1. The van der Waals surface area contributed by atoms with Gasteiger partial charge in [-0.15, -0.1) is 0 Å². The lowest BCUT2D eigenvalue weighted by Crippen LogP contribution is -1.96. The van der Waals surface area contributed by atoms with Crippen molar-refractivity contribution < 1.29 is 14.0 Å². The van der Waals surface area contributed by atoms with E-state index in [0.717, 1.165) is 10.8 Å². The molecule has 3 nitrogen and oxygen atoms in total. The number of hydrogen-bond acceptors (Lipinski definition) is 3. The van der Waals surface area contributed by atoms with Gasteiger partial charge in [-0.2, -0.15) is 0 Å². The molecule has 0 bridgehead atoms. The first-order valence-electron chi connectivity index (χ1n) is 11.1. The number of rotatable bonds is 3. The van der Waals surface area contributed by atoms with E-state index < -0.39 is 19.6 Å². The molecule has 0 aliphatic heterocycles. The summed E-state index contributed by atoms with van der Waals surface area (Å²) < 4.78 is 59.3. The average Bonchev–Trinajstić information content (AvgIpc) is 3.04. The van der Waals surface area contributed by atoms with Gasteiger partial charge in [-0.3, -0.25) is 4.98 Å². The Balaban J connectivity index is 1.78. The highest BCUT2D eigenvalue weighted by atomic mass is 16.3. The summed E-state index contributed by atoms with van der Waals surface area (Å²) in [6.45, 7) is -3.28. The molecule has 0 radical (unpaired) electrons. The normalized spacial score (nSPS) is 19.5. The molecule has 3 heteroatoms. The number of nitrogens with zero attached hydrogens (tertiary/aromatic N) is 2. The first kappa shape index (κ1) is 8.97. The fraction of sp³-hybridized carbons (Fsp3) is 0.238. The number of benzene rings is 1. The number of aromatic nitrogens is 2. The van der Waals surface area contributed by atoms with Crippen molar-refractivity contribution in [3.63, 3.8) is 0 Å². The first-order valence-corrected chi connectivity index (χ1v) is 7.65. The lowest BCUT2D eigenvalue weighted by Gasteiger charge is -2.02. The summed E-state index contributed by atoms with van der Waals surface area (Å²) in [5.74, 6) is -1.67. The van der Waals surface area contributed by atoms with E-state index in [1.54, 1.807) is 12.1 Å². The van der Waals surface area contributed by atoms with Gasteiger partial charge < -0.3 is 4.42 Å². The lowest BCUT2D eigenvalue weighted by atomic mass is 10.1. The molecule has 24 heavy (non-hydrogen) atoms. The van der Waals surface area contributed by atoms with Crippen LogP contribution in [-0.4, -0.2) is 9.97 Å². The zero-order chi connectivity index (χ0) is 22.6. The van der Waals surface area contributed by atoms with Gasteiger partial charge in [-0.25, -0.2) is 4.98 Å². The van der Waals surface area contributed by atoms with Crippen molar-refractivity contribution in [2.75, 3.05) is 0 Å². The van der Waals surface area contributed by atoms with Gasteiger partial charge in [0, 0.05) is 37.8 Å². The van der Waals surface area contributed by atoms with E-state index in [4.69, 9.17) is 14.0 Å². The molecule has 0 saturated heterocycles. The van der Waals surface area contributed by atoms with Crippen molar-refractivity contribution >= 4 is 22.1 Å². The van der Waals surface area contributed by atoms with Gasteiger partial charge in [0.25, 0.3) is 0 Å². The van der Waals surface area contributed by atoms with Crippen molar-refractivity contribution in [2.24, 2.45) is 5.89 Å². The molecule has 4 rings (SSSR count). The highest BCUT2D eigenvalue weighted by Crippen LogP contribution is 2.34. The summed E-state index contributed by atoms with van der Waals surface area (Å²) in [4.78, 5) is 8.76. The third kappa shape index (κ3) is 2.56. The molecule has 0 aliphatic carbocycles. The topological polar surface area (TPSA) is 38.9 Å². The molecule has 0 aliphatic rings. The number of fused-ring (bicyclic) bond motifs is 3. The Labute approximate surface area is 151 Å². The standard InChI is InChI=1S/C21H20N2O/c1-13(2)11-15-8-9-17-16-5-4-6-18(20(16)24-21(17)23-15)19-10-7-14(3)12-22-19/h4-10,12-13H,11H2,1-3H3/i1D3,3D3,13D. The molecule has 120 valence electrons. The molecule has 0 saturated carbocycles. The van der Waals surface area contributed by atoms with Crippen LogP contribution in [0, 0.1) is 12.7 Å². The van der Waals surface area contributed by atoms with E-state index in [-0.39, 0.29) is 12.0 Å². The van der Waals surface area contributed by atoms with Crippen LogP contribution in [0.1, 0.15) is 34.6 Å². The van der Waals surface area contributed by atoms with Crippen molar-refractivity contribution in [2.45, 2.75) is 27.0 Å². The highest BCUT2D eigenvalue weighted by Gasteiger charge is 2.14. The molecular formula is C21H20N2O. The van der Waals surface area contributed by atoms with Crippen LogP contribution in [0.15, 0.2) is 53.1 Å². The predicted molar refractivity (Wildman–Crippen MR) is 98.0 cm³/mol. The average molecular weight is 323 g/mol. The van der Waals surface area contributed by atoms with Crippen LogP contribution >= 0.6 is 0 Å². The van der Waals surface area contributed by atoms with Crippen molar-refractivity contribution in [3.8, 4) is 11.3 Å². The van der Waals surface area contributed by atoms with Gasteiger partial charge in [0.15, 0.2) is 0 Å². The molecule has 3 aromatic heterocycles. The molecule has 1 atom stereocenters. The minimum absolute atomic E-state index is 0.0402. The van der Waals surface area contributed by atoms with Gasteiger partial charge in [0.1, 0.15) is 5.58 Å². The largest absolute Gasteiger partial charge is 0.437 e. The van der Waals surface area contributed by atoms with Crippen LogP contribution in [0.4, 0.5) is 0 Å². The van der Waals surface area contributed by atoms with Crippen molar-refractivity contribution in [1.82, 2.24) is 9.97 Å². The van der Waals surface area contributed by atoms with Crippen LogP contribution in [0.2, 0.25) is 0 Å². The maximum Gasteiger partial charge on any atom is 0.227 e. The number of hydrogen-bond donors (Lipinski definition) is 0. The maximum absolute atomic E-state index is 8.16. The number of para-hydroxylation sites is 1. The maximum atomic E-state index is 8.16. The van der Waals surface area contributed by atoms with Crippen LogP contribution in [0.25, 0.3) is 33.3 Å². The Morgan fingerprint density at radius 1 is 1.17 bits per heavy atom. The van der Waals surface area contributed by atoms with Crippen LogP contribution in [0.5, 0.6) is 0 Å². The van der Waals surface area contributed by atoms with Gasteiger partial charge in [0.2, 0.25) is 5.71 Å². The lowest BCUT2D eigenvalue weighted by molar-refractivity contribution is 0.621. The predicted octanol–water partition coefficient (Wildman–Crippen LogP) is 5.55. The summed E-state index contributed by atoms with van der Waals surface area (Å²) in [5, 5.41) is 1.58. The molecule has 0 N–H and O–H groups in total. The van der Waals surface area contributed by atoms with Crippen molar-refractivity contribution in [3.05, 3.63) is 59.9 Å². The summed E-state index contributed by atoms with van der Waals surface area (Å²) in [5.41, 5.74) is 2.79. The van der Waals surface area contributed by atoms with Gasteiger partial charge in [-0.05, 0) is 49.0 Å². The summed E-state index contributed by atoms with van der Waals surface area (Å²) in [6.07, 6.45) is 1.30. The number of pyridine rings is 2. The Morgan fingerprint density at radius 2 is 2.12 bits per heavy atom. The Hall–Kier alpha value is -2.68. The van der Waals surface area contributed by atoms with E-state index >= 15 is 0 Å². The Morgan fingerprint density at radius 3 is 2.92 bits per heavy atom. The van der Waals surface area contributed by atoms with Crippen LogP contribution in [0.3, 0.4) is 0 Å². The second-order valence-electron chi connectivity index (χ2n) is 5.83. The summed E-state index contributed by atoms with van der Waals surface area (Å²) in [7, 11) is 0. The van der Waals surface area contributed by atoms with E-state index in [2.05, 4.69) is 9.97 Å². The SMILES string of the molecule is [2H]C([2H])([2H])c1ccc(-c2cccc3c2oc2nc(CC([2H])(C)C([2H])([2H])[2H])ccc23)nc1. The summed E-state index contributed by atoms with van der Waals surface area (Å²) in [6, 6.07) is 12.3. The summed E-state index contributed by atoms with van der Waals surface area (Å²) >= 11 is 0. The third-order valence-corrected chi connectivity index (χ3v) is 3.91. The zero-order valence-electron chi connectivity index (χ0n) is 20.1. The van der Waals surface area contributed by atoms with Crippen LogP contribution < -0.4 is 0 Å². The highest BCUT2D eigenvalue weighted by molar-refractivity contribution is 6.08. The quantitative estimate of drug-likeness (QED) is 0.496. The molecule has 1 aromatic carbocycles. The smallest absolute Gasteiger partial charge is 0.227 e. The van der Waals surface area contributed by atoms with Gasteiger partial charge >= 0.3 is 0 Å². The zero-order valence-corrected chi connectivity index (χ0v) is 13.1. The second-order valence-corrected chi connectivity index (χ2v) is 5.83. The molecule has 0 spiro atoms. The van der Waals surface area contributed by atoms with Gasteiger partial charge in [-0.1, -0.05) is 32.0 Å². The van der Waals surface area contributed by atoms with Gasteiger partial charge in [0.05, 0.1) is 5.69 Å². The third-order valence-electron chi connectivity index (χ3n) is 3.91. The van der Waals surface area contributed by atoms with Crippen molar-refractivity contribution in [1.29, 1.82) is 0 Å². The molecule has 0 amide bonds. The minimum Gasteiger partial charge on any atom is -0.437 e. The second kappa shape index (κ2) is 5.75. The van der Waals surface area contributed by atoms with E-state index in [1.165, 1.54) is 19.2 Å². The molecule has 4 aromatic rings. The van der Waals surface area contributed by atoms with E-state index in [0.29, 0.717) is 28.2 Å². The number of aryl methyl sites for hydroxylation is 1. The fourth-order valence-corrected chi connectivity index (χ4v) is 2.84. The Bertz CT molecular complexity index is 1260. The Kier molecular flexibility index (Phi) is 2.15. The minimum atomic E-state index is -2.43. The van der Waals surface area contributed by atoms with Crippen LogP contribution in [-0.2, 0) is 6.42 Å². The first-order chi connectivity index (χ1) is 14.4. The molecule has 1 unspecified atom stereocenters.